The van der Waals surface area contributed by atoms with Crippen molar-refractivity contribution in [3.63, 3.8) is 0 Å². The molecule has 1 heterocycles. The van der Waals surface area contributed by atoms with Gasteiger partial charge < -0.3 is 5.32 Å². The van der Waals surface area contributed by atoms with Crippen LogP contribution in [0.1, 0.15) is 25.8 Å². The molecule has 5 nitrogen and oxygen atoms in total. The van der Waals surface area contributed by atoms with Crippen molar-refractivity contribution in [1.29, 1.82) is 0 Å². The first-order chi connectivity index (χ1) is 16.1. The highest BCUT2D eigenvalue weighted by Gasteiger charge is 2.32. The molecule has 1 aliphatic carbocycles. The zero-order valence-electron chi connectivity index (χ0n) is 18.1. The second-order valence-electron chi connectivity index (χ2n) is 8.05. The van der Waals surface area contributed by atoms with Gasteiger partial charge in [-0.05, 0) is 43.5 Å². The van der Waals surface area contributed by atoms with E-state index >= 15 is 0 Å². The summed E-state index contributed by atoms with van der Waals surface area (Å²) in [6.07, 6.45) is 2.00. The highest BCUT2D eigenvalue weighted by Crippen LogP contribution is 2.42. The van der Waals surface area contributed by atoms with Gasteiger partial charge in [0.15, 0.2) is 11.0 Å². The number of amides is 1. The third-order valence-corrected chi connectivity index (χ3v) is 6.67. The van der Waals surface area contributed by atoms with Crippen molar-refractivity contribution < 1.29 is 9.18 Å². The minimum atomic E-state index is -0.413. The fraction of sp³-hybridized carbons (Fsp3) is 0.192. The smallest absolute Gasteiger partial charge is 0.237 e. The number of carbonyl (C=O) groups excluding carboxylic acids is 1. The molecule has 166 valence electrons. The van der Waals surface area contributed by atoms with Crippen LogP contribution in [0.3, 0.4) is 0 Å². The number of benzene rings is 3. The van der Waals surface area contributed by atoms with Gasteiger partial charge in [-0.2, -0.15) is 0 Å². The number of hydrogen-bond donors (Lipinski definition) is 1. The van der Waals surface area contributed by atoms with Crippen molar-refractivity contribution in [1.82, 2.24) is 14.8 Å². The summed E-state index contributed by atoms with van der Waals surface area (Å²) in [5.41, 5.74) is 3.19. The van der Waals surface area contributed by atoms with E-state index in [0.717, 1.165) is 29.7 Å². The van der Waals surface area contributed by atoms with Crippen LogP contribution in [0.25, 0.3) is 22.5 Å². The number of nitrogens with zero attached hydrogens (tertiary/aromatic N) is 3. The van der Waals surface area contributed by atoms with Gasteiger partial charge in [0, 0.05) is 17.3 Å². The molecule has 1 fully saturated rings. The fourth-order valence-corrected chi connectivity index (χ4v) is 4.67. The Morgan fingerprint density at radius 1 is 0.970 bits per heavy atom. The van der Waals surface area contributed by atoms with Crippen LogP contribution in [0.2, 0.25) is 0 Å². The molecule has 0 radical (unpaired) electrons. The SMILES string of the molecule is CC(Sc1nnc(-c2ccccc2F)n1C1CC1)C(=O)Nc1ccccc1-c1ccccc1. The van der Waals surface area contributed by atoms with E-state index in [4.69, 9.17) is 0 Å². The Hall–Kier alpha value is -3.45. The van der Waals surface area contributed by atoms with Gasteiger partial charge >= 0.3 is 0 Å². The summed E-state index contributed by atoms with van der Waals surface area (Å²) < 4.78 is 16.4. The van der Waals surface area contributed by atoms with Crippen LogP contribution in [0.4, 0.5) is 10.1 Å². The summed E-state index contributed by atoms with van der Waals surface area (Å²) in [6.45, 7) is 1.85. The maximum absolute atomic E-state index is 14.4. The van der Waals surface area contributed by atoms with Crippen LogP contribution in [0.5, 0.6) is 0 Å². The number of anilines is 1. The highest BCUT2D eigenvalue weighted by molar-refractivity contribution is 8.00. The van der Waals surface area contributed by atoms with Crippen LogP contribution < -0.4 is 5.32 Å². The molecule has 1 aliphatic rings. The monoisotopic (exact) mass is 458 g/mol. The van der Waals surface area contributed by atoms with Gasteiger partial charge in [0.25, 0.3) is 0 Å². The molecule has 3 aromatic carbocycles. The normalized spacial score (nSPS) is 14.1. The largest absolute Gasteiger partial charge is 0.325 e. The molecular formula is C26H23FN4OS. The molecule has 7 heteroatoms. The lowest BCUT2D eigenvalue weighted by atomic mass is 10.0. The third-order valence-electron chi connectivity index (χ3n) is 5.61. The maximum Gasteiger partial charge on any atom is 0.237 e. The quantitative estimate of drug-likeness (QED) is 0.335. The summed E-state index contributed by atoms with van der Waals surface area (Å²) in [7, 11) is 0. The Bertz CT molecular complexity index is 1290. The molecule has 5 rings (SSSR count). The molecule has 1 saturated carbocycles. The standard InChI is InChI=1S/C26H23FN4OS/c1-17(25(32)28-23-14-8-6-11-20(23)18-9-3-2-4-10-18)33-26-30-29-24(31(26)19-15-16-19)21-12-5-7-13-22(21)27/h2-14,17,19H,15-16H2,1H3,(H,28,32). The van der Waals surface area contributed by atoms with Crippen molar-refractivity contribution in [2.75, 3.05) is 5.32 Å². The minimum Gasteiger partial charge on any atom is -0.325 e. The predicted molar refractivity (Wildman–Crippen MR) is 130 cm³/mol. The summed E-state index contributed by atoms with van der Waals surface area (Å²) in [4.78, 5) is 13.1. The number of rotatable bonds is 7. The number of aromatic nitrogens is 3. The predicted octanol–water partition coefficient (Wildman–Crippen LogP) is 6.21. The van der Waals surface area contributed by atoms with Gasteiger partial charge in [0.05, 0.1) is 10.8 Å². The molecule has 1 aromatic heterocycles. The van der Waals surface area contributed by atoms with Gasteiger partial charge in [-0.25, -0.2) is 4.39 Å². The van der Waals surface area contributed by atoms with E-state index in [1.54, 1.807) is 18.2 Å². The van der Waals surface area contributed by atoms with Crippen molar-refractivity contribution in [3.8, 4) is 22.5 Å². The van der Waals surface area contributed by atoms with Crippen molar-refractivity contribution >= 4 is 23.4 Å². The Morgan fingerprint density at radius 2 is 1.64 bits per heavy atom. The summed E-state index contributed by atoms with van der Waals surface area (Å²) in [5, 5.41) is 11.9. The first-order valence-corrected chi connectivity index (χ1v) is 11.8. The average molecular weight is 459 g/mol. The van der Waals surface area contributed by atoms with E-state index in [2.05, 4.69) is 15.5 Å². The number of nitrogens with one attached hydrogen (secondary N) is 1. The van der Waals surface area contributed by atoms with Crippen molar-refractivity contribution in [2.45, 2.75) is 36.2 Å². The lowest BCUT2D eigenvalue weighted by Crippen LogP contribution is -2.23. The van der Waals surface area contributed by atoms with E-state index in [1.165, 1.54) is 17.8 Å². The second kappa shape index (κ2) is 9.19. The lowest BCUT2D eigenvalue weighted by Gasteiger charge is -2.15. The van der Waals surface area contributed by atoms with Gasteiger partial charge in [0.2, 0.25) is 5.91 Å². The number of thioether (sulfide) groups is 1. The molecule has 4 aromatic rings. The summed E-state index contributed by atoms with van der Waals surface area (Å²) >= 11 is 1.34. The van der Waals surface area contributed by atoms with E-state index < -0.39 is 5.25 Å². The fourth-order valence-electron chi connectivity index (χ4n) is 3.75. The first kappa shape index (κ1) is 21.4. The van der Waals surface area contributed by atoms with Gasteiger partial charge in [0.1, 0.15) is 5.82 Å². The van der Waals surface area contributed by atoms with Crippen LogP contribution in [-0.4, -0.2) is 25.9 Å². The number of hydrogen-bond acceptors (Lipinski definition) is 4. The zero-order valence-corrected chi connectivity index (χ0v) is 18.9. The molecule has 0 bridgehead atoms. The molecular weight excluding hydrogens is 435 g/mol. The van der Waals surface area contributed by atoms with Crippen LogP contribution >= 0.6 is 11.8 Å². The molecule has 1 N–H and O–H groups in total. The Labute approximate surface area is 196 Å². The van der Waals surface area contributed by atoms with E-state index in [0.29, 0.717) is 16.5 Å². The lowest BCUT2D eigenvalue weighted by molar-refractivity contribution is -0.115. The van der Waals surface area contributed by atoms with Crippen molar-refractivity contribution in [3.05, 3.63) is 84.7 Å². The average Bonchev–Trinajstić information content (AvgIpc) is 3.60. The summed E-state index contributed by atoms with van der Waals surface area (Å²) in [6, 6.07) is 24.5. The molecule has 0 spiro atoms. The first-order valence-electron chi connectivity index (χ1n) is 10.9. The molecule has 0 saturated heterocycles. The van der Waals surface area contributed by atoms with Crippen LogP contribution in [0, 0.1) is 5.82 Å². The van der Waals surface area contributed by atoms with Gasteiger partial charge in [-0.1, -0.05) is 72.4 Å². The molecule has 1 atom stereocenters. The number of para-hydroxylation sites is 1. The second-order valence-corrected chi connectivity index (χ2v) is 9.36. The Balaban J connectivity index is 1.37. The molecule has 1 amide bonds. The van der Waals surface area contributed by atoms with E-state index in [-0.39, 0.29) is 17.8 Å². The van der Waals surface area contributed by atoms with Gasteiger partial charge in [-0.3, -0.25) is 9.36 Å². The topological polar surface area (TPSA) is 59.8 Å². The molecule has 1 unspecified atom stereocenters. The zero-order chi connectivity index (χ0) is 22.8. The van der Waals surface area contributed by atoms with Crippen LogP contribution in [0.15, 0.2) is 84.0 Å². The van der Waals surface area contributed by atoms with E-state index in [9.17, 15) is 9.18 Å². The highest BCUT2D eigenvalue weighted by atomic mass is 32.2. The minimum absolute atomic E-state index is 0.124. The Morgan fingerprint density at radius 3 is 2.36 bits per heavy atom. The number of halogens is 1. The third kappa shape index (κ3) is 4.54. The van der Waals surface area contributed by atoms with E-state index in [1.807, 2.05) is 66.1 Å². The van der Waals surface area contributed by atoms with Crippen LogP contribution in [-0.2, 0) is 4.79 Å². The molecule has 33 heavy (non-hydrogen) atoms. The summed E-state index contributed by atoms with van der Waals surface area (Å²) in [5.74, 6) is 0.0629. The number of carbonyl (C=O) groups is 1. The van der Waals surface area contributed by atoms with Gasteiger partial charge in [-0.15, -0.1) is 10.2 Å². The maximum atomic E-state index is 14.4. The Kier molecular flexibility index (Phi) is 5.96. The molecule has 0 aliphatic heterocycles. The van der Waals surface area contributed by atoms with Crippen molar-refractivity contribution in [2.24, 2.45) is 0 Å².